The lowest BCUT2D eigenvalue weighted by atomic mass is 9.87. The Morgan fingerprint density at radius 3 is 2.75 bits per heavy atom. The Hall–Kier alpha value is -2.64. The van der Waals surface area contributed by atoms with Crippen LogP contribution in [0.4, 0.5) is 0 Å². The average Bonchev–Trinajstić information content (AvgIpc) is 3.01. The molecule has 4 rings (SSSR count). The van der Waals surface area contributed by atoms with Crippen LogP contribution in [-0.4, -0.2) is 29.0 Å². The van der Waals surface area contributed by atoms with Crippen LogP contribution in [-0.2, 0) is 6.42 Å². The van der Waals surface area contributed by atoms with Crippen molar-refractivity contribution in [2.45, 2.75) is 19.4 Å². The summed E-state index contributed by atoms with van der Waals surface area (Å²) in [5.41, 5.74) is 4.37. The lowest BCUT2D eigenvalue weighted by Crippen LogP contribution is -2.45. The number of hydrogen-bond donors (Lipinski definition) is 0. The minimum atomic E-state index is -0.196. The zero-order chi connectivity index (χ0) is 16.7. The predicted molar refractivity (Wildman–Crippen MR) is 90.9 cm³/mol. The van der Waals surface area contributed by atoms with E-state index < -0.39 is 0 Å². The van der Waals surface area contributed by atoms with Gasteiger partial charge in [-0.15, -0.1) is 0 Å². The van der Waals surface area contributed by atoms with Gasteiger partial charge in [-0.2, -0.15) is 5.26 Å². The van der Waals surface area contributed by atoms with Crippen molar-refractivity contribution in [3.8, 4) is 6.07 Å². The summed E-state index contributed by atoms with van der Waals surface area (Å²) < 4.78 is 0. The molecule has 2 aliphatic rings. The van der Waals surface area contributed by atoms with Crippen LogP contribution in [0.25, 0.3) is 0 Å². The van der Waals surface area contributed by atoms with Crippen LogP contribution in [0.3, 0.4) is 0 Å². The van der Waals surface area contributed by atoms with E-state index in [1.165, 1.54) is 16.7 Å². The summed E-state index contributed by atoms with van der Waals surface area (Å²) >= 11 is 0. The second-order valence-electron chi connectivity index (χ2n) is 6.55. The van der Waals surface area contributed by atoms with E-state index in [-0.39, 0.29) is 17.9 Å². The molecule has 4 heteroatoms. The molecular formula is C20H19N3O. The Kier molecular flexibility index (Phi) is 3.59. The number of nitrogens with zero attached hydrogens (tertiary/aromatic N) is 3. The average molecular weight is 317 g/mol. The molecule has 1 fully saturated rings. The number of carbonyl (C=O) groups is 1. The van der Waals surface area contributed by atoms with Gasteiger partial charge in [0.1, 0.15) is 0 Å². The van der Waals surface area contributed by atoms with Crippen LogP contribution < -0.4 is 0 Å². The molecule has 0 aliphatic carbocycles. The van der Waals surface area contributed by atoms with E-state index in [0.717, 1.165) is 13.0 Å². The Morgan fingerprint density at radius 2 is 2.00 bits per heavy atom. The number of fused-ring (bicyclic) bond motifs is 3. The Balaban J connectivity index is 1.72. The fourth-order valence-corrected chi connectivity index (χ4v) is 3.88. The first-order valence-corrected chi connectivity index (χ1v) is 8.31. The highest BCUT2D eigenvalue weighted by atomic mass is 16.2. The number of rotatable bonds is 1. The van der Waals surface area contributed by atoms with Gasteiger partial charge in [-0.25, -0.2) is 5.01 Å². The largest absolute Gasteiger partial charge is 0.269 e. The normalized spacial score (nSPS) is 22.6. The van der Waals surface area contributed by atoms with Gasteiger partial charge in [-0.1, -0.05) is 42.0 Å². The third-order valence-corrected chi connectivity index (χ3v) is 5.03. The molecule has 2 unspecified atom stereocenters. The van der Waals surface area contributed by atoms with Gasteiger partial charge >= 0.3 is 0 Å². The summed E-state index contributed by atoms with van der Waals surface area (Å²) in [6.45, 7) is 3.31. The van der Waals surface area contributed by atoms with Crippen LogP contribution >= 0.6 is 0 Å². The molecule has 0 N–H and O–H groups in total. The number of carbonyl (C=O) groups excluding carboxylic acids is 1. The molecule has 0 radical (unpaired) electrons. The van der Waals surface area contributed by atoms with Gasteiger partial charge in [0.2, 0.25) is 0 Å². The molecule has 24 heavy (non-hydrogen) atoms. The van der Waals surface area contributed by atoms with Crippen molar-refractivity contribution < 1.29 is 4.79 Å². The Labute approximate surface area is 141 Å². The lowest BCUT2D eigenvalue weighted by Gasteiger charge is -2.37. The summed E-state index contributed by atoms with van der Waals surface area (Å²) in [4.78, 5) is 12.9. The van der Waals surface area contributed by atoms with Gasteiger partial charge in [0.25, 0.3) is 5.91 Å². The predicted octanol–water partition coefficient (Wildman–Crippen LogP) is 3.11. The molecule has 1 amide bonds. The lowest BCUT2D eigenvalue weighted by molar-refractivity contribution is -0.000477. The third kappa shape index (κ3) is 2.29. The molecule has 1 saturated heterocycles. The summed E-state index contributed by atoms with van der Waals surface area (Å²) in [5.74, 6) is -0.215. The first-order chi connectivity index (χ1) is 11.7. The first-order valence-electron chi connectivity index (χ1n) is 8.31. The molecule has 2 aliphatic heterocycles. The van der Waals surface area contributed by atoms with E-state index in [9.17, 15) is 10.1 Å². The van der Waals surface area contributed by atoms with Crippen molar-refractivity contribution >= 4 is 5.91 Å². The minimum Gasteiger partial charge on any atom is -0.269 e. The number of aryl methyl sites for hydroxylation is 1. The first kappa shape index (κ1) is 14.9. The van der Waals surface area contributed by atoms with Crippen LogP contribution in [0.1, 0.15) is 33.1 Å². The third-order valence-electron chi connectivity index (χ3n) is 5.03. The zero-order valence-corrected chi connectivity index (χ0v) is 13.6. The maximum absolute atomic E-state index is 12.9. The number of nitriles is 1. The topological polar surface area (TPSA) is 47.3 Å². The van der Waals surface area contributed by atoms with E-state index >= 15 is 0 Å². The molecule has 2 aromatic rings. The van der Waals surface area contributed by atoms with Gasteiger partial charge in [0.15, 0.2) is 0 Å². The van der Waals surface area contributed by atoms with Crippen molar-refractivity contribution in [1.29, 1.82) is 5.26 Å². The van der Waals surface area contributed by atoms with Crippen LogP contribution in [0.15, 0.2) is 48.5 Å². The van der Waals surface area contributed by atoms with Crippen LogP contribution in [0.2, 0.25) is 0 Å². The molecule has 2 atom stereocenters. The Bertz CT molecular complexity index is 825. The number of hydrogen-bond acceptors (Lipinski definition) is 3. The maximum Gasteiger partial charge on any atom is 0.268 e. The van der Waals surface area contributed by atoms with Crippen molar-refractivity contribution in [2.24, 2.45) is 5.92 Å². The van der Waals surface area contributed by atoms with Crippen molar-refractivity contribution in [2.75, 3.05) is 13.1 Å². The van der Waals surface area contributed by atoms with Crippen molar-refractivity contribution in [3.63, 3.8) is 0 Å². The van der Waals surface area contributed by atoms with Crippen LogP contribution in [0.5, 0.6) is 0 Å². The summed E-state index contributed by atoms with van der Waals surface area (Å²) in [7, 11) is 0. The summed E-state index contributed by atoms with van der Waals surface area (Å²) in [6, 6.07) is 18.2. The fraction of sp³-hybridized carbons (Fsp3) is 0.300. The molecule has 0 spiro atoms. The highest BCUT2D eigenvalue weighted by molar-refractivity contribution is 5.94. The summed E-state index contributed by atoms with van der Waals surface area (Å²) in [6.07, 6.45) is 0.906. The number of benzene rings is 2. The quantitative estimate of drug-likeness (QED) is 0.812. The second kappa shape index (κ2) is 5.77. The highest BCUT2D eigenvalue weighted by Crippen LogP contribution is 2.42. The molecule has 0 saturated carbocycles. The SMILES string of the molecule is Cc1ccc2c(c1)C1C(C#N)CN(C(=O)c3ccccc3)N1CC2. The summed E-state index contributed by atoms with van der Waals surface area (Å²) in [5, 5.41) is 13.5. The maximum atomic E-state index is 12.9. The van der Waals surface area contributed by atoms with Gasteiger partial charge in [-0.05, 0) is 36.6 Å². The van der Waals surface area contributed by atoms with Gasteiger partial charge in [0.05, 0.1) is 24.6 Å². The molecule has 2 aromatic carbocycles. The van der Waals surface area contributed by atoms with E-state index in [2.05, 4.69) is 36.2 Å². The van der Waals surface area contributed by atoms with Gasteiger partial charge < -0.3 is 0 Å². The van der Waals surface area contributed by atoms with Gasteiger partial charge in [-0.3, -0.25) is 9.80 Å². The zero-order valence-electron chi connectivity index (χ0n) is 13.6. The smallest absolute Gasteiger partial charge is 0.268 e. The molecule has 0 bridgehead atoms. The molecule has 0 aromatic heterocycles. The Morgan fingerprint density at radius 1 is 1.21 bits per heavy atom. The minimum absolute atomic E-state index is 0.0190. The molecule has 120 valence electrons. The van der Waals surface area contributed by atoms with E-state index in [0.29, 0.717) is 12.1 Å². The monoisotopic (exact) mass is 317 g/mol. The fourth-order valence-electron chi connectivity index (χ4n) is 3.88. The number of amides is 1. The van der Waals surface area contributed by atoms with E-state index in [1.807, 2.05) is 30.3 Å². The van der Waals surface area contributed by atoms with Crippen LogP contribution in [0, 0.1) is 24.2 Å². The van der Waals surface area contributed by atoms with E-state index in [4.69, 9.17) is 0 Å². The standard InChI is InChI=1S/C20H19N3O/c1-14-7-8-15-9-10-22-19(18(15)11-14)17(12-21)13-23(22)20(24)16-5-3-2-4-6-16/h2-8,11,17,19H,9-10,13H2,1H3. The van der Waals surface area contributed by atoms with Gasteiger partial charge in [0, 0.05) is 12.1 Å². The number of hydrazine groups is 1. The molecule has 4 nitrogen and oxygen atoms in total. The van der Waals surface area contributed by atoms with E-state index in [1.54, 1.807) is 5.01 Å². The van der Waals surface area contributed by atoms with Crippen molar-refractivity contribution in [3.05, 3.63) is 70.8 Å². The molecule has 2 heterocycles. The van der Waals surface area contributed by atoms with Crippen molar-refractivity contribution in [1.82, 2.24) is 10.0 Å². The molecular weight excluding hydrogens is 298 g/mol. The second-order valence-corrected chi connectivity index (χ2v) is 6.55. The highest BCUT2D eigenvalue weighted by Gasteiger charge is 2.45.